The molecule has 2 aliphatic rings. The Labute approximate surface area is 193 Å². The maximum absolute atomic E-state index is 13.7. The van der Waals surface area contributed by atoms with Crippen LogP contribution >= 0.6 is 22.9 Å². The van der Waals surface area contributed by atoms with Crippen LogP contribution in [0.25, 0.3) is 0 Å². The molecule has 2 N–H and O–H groups in total. The maximum Gasteiger partial charge on any atom is 0.338 e. The van der Waals surface area contributed by atoms with Crippen LogP contribution in [0, 0.1) is 5.82 Å². The van der Waals surface area contributed by atoms with Crippen molar-refractivity contribution in [3.63, 3.8) is 0 Å². The second kappa shape index (κ2) is 10.1. The lowest BCUT2D eigenvalue weighted by molar-refractivity contribution is -0.136. The molecule has 2 atom stereocenters. The first kappa shape index (κ1) is 22.8. The van der Waals surface area contributed by atoms with Crippen molar-refractivity contribution in [2.24, 2.45) is 4.99 Å². The minimum absolute atomic E-state index is 0.0819. The molecule has 1 aromatic carbocycles. The van der Waals surface area contributed by atoms with Crippen molar-refractivity contribution in [3.8, 4) is 0 Å². The highest BCUT2D eigenvalue weighted by Gasteiger charge is 2.35. The summed E-state index contributed by atoms with van der Waals surface area (Å²) in [5.74, 6) is -0.588. The SMILES string of the molecule is COC(=O)C1=C(CN2CCOC[C@@H]2CO)NC(c2nccs2)=NC1c1ccc(F)cc1Cl. The number of ether oxygens (including phenoxy) is 2. The third-order valence-electron chi connectivity index (χ3n) is 5.34. The average Bonchev–Trinajstić information content (AvgIpc) is 3.33. The molecule has 0 bridgehead atoms. The second-order valence-corrected chi connectivity index (χ2v) is 8.58. The zero-order valence-corrected chi connectivity index (χ0v) is 18.8. The fourth-order valence-corrected chi connectivity index (χ4v) is 4.59. The van der Waals surface area contributed by atoms with Crippen LogP contribution < -0.4 is 5.32 Å². The quantitative estimate of drug-likeness (QED) is 0.611. The lowest BCUT2D eigenvalue weighted by Crippen LogP contribution is -2.50. The number of aliphatic imine (C=N–C) groups is 1. The number of amidine groups is 1. The molecular weight excluding hydrogens is 459 g/mol. The van der Waals surface area contributed by atoms with E-state index >= 15 is 0 Å². The summed E-state index contributed by atoms with van der Waals surface area (Å²) < 4.78 is 24.3. The Hall–Kier alpha value is -2.37. The van der Waals surface area contributed by atoms with Crippen LogP contribution in [0.4, 0.5) is 4.39 Å². The van der Waals surface area contributed by atoms with E-state index in [9.17, 15) is 14.3 Å². The van der Waals surface area contributed by atoms with Crippen LogP contribution in [-0.2, 0) is 14.3 Å². The van der Waals surface area contributed by atoms with Crippen LogP contribution in [-0.4, -0.2) is 72.9 Å². The molecule has 1 saturated heterocycles. The molecule has 32 heavy (non-hydrogen) atoms. The van der Waals surface area contributed by atoms with E-state index in [-0.39, 0.29) is 23.2 Å². The van der Waals surface area contributed by atoms with Gasteiger partial charge in [0, 0.05) is 40.9 Å². The van der Waals surface area contributed by atoms with Gasteiger partial charge in [0.2, 0.25) is 0 Å². The van der Waals surface area contributed by atoms with Crippen molar-refractivity contribution >= 4 is 34.7 Å². The Morgan fingerprint density at radius 2 is 2.34 bits per heavy atom. The number of nitrogens with one attached hydrogen (secondary N) is 1. The van der Waals surface area contributed by atoms with Crippen molar-refractivity contribution in [2.75, 3.05) is 40.0 Å². The van der Waals surface area contributed by atoms with E-state index in [4.69, 9.17) is 26.1 Å². The molecule has 11 heteroatoms. The number of aromatic nitrogens is 1. The van der Waals surface area contributed by atoms with E-state index in [2.05, 4.69) is 10.3 Å². The summed E-state index contributed by atoms with van der Waals surface area (Å²) in [5.41, 5.74) is 1.30. The van der Waals surface area contributed by atoms with Crippen LogP contribution in [0.5, 0.6) is 0 Å². The maximum atomic E-state index is 13.7. The number of nitrogens with zero attached hydrogens (tertiary/aromatic N) is 3. The minimum atomic E-state index is -0.820. The average molecular weight is 481 g/mol. The number of halogens is 2. The van der Waals surface area contributed by atoms with Crippen molar-refractivity contribution in [2.45, 2.75) is 12.1 Å². The highest BCUT2D eigenvalue weighted by molar-refractivity contribution is 7.11. The number of hydrogen-bond acceptors (Lipinski definition) is 9. The highest BCUT2D eigenvalue weighted by Crippen LogP contribution is 2.37. The molecule has 0 spiro atoms. The molecule has 0 saturated carbocycles. The van der Waals surface area contributed by atoms with Crippen molar-refractivity contribution in [1.82, 2.24) is 15.2 Å². The van der Waals surface area contributed by atoms with Gasteiger partial charge < -0.3 is 19.9 Å². The van der Waals surface area contributed by atoms with Gasteiger partial charge in [-0.1, -0.05) is 17.7 Å². The topological polar surface area (TPSA) is 96.3 Å². The third-order valence-corrected chi connectivity index (χ3v) is 6.45. The number of aliphatic hydroxyl groups is 1. The Bertz CT molecular complexity index is 1050. The molecule has 0 radical (unpaired) electrons. The van der Waals surface area contributed by atoms with Gasteiger partial charge in [0.1, 0.15) is 11.9 Å². The molecule has 0 aliphatic carbocycles. The van der Waals surface area contributed by atoms with Crippen molar-refractivity contribution < 1.29 is 23.8 Å². The van der Waals surface area contributed by atoms with Gasteiger partial charge in [0.05, 0.1) is 38.5 Å². The number of rotatable bonds is 6. The minimum Gasteiger partial charge on any atom is -0.466 e. The Morgan fingerprint density at radius 3 is 3.03 bits per heavy atom. The lowest BCUT2D eigenvalue weighted by Gasteiger charge is -2.36. The predicted octanol–water partition coefficient (Wildman–Crippen LogP) is 2.15. The number of thiazole rings is 1. The zero-order chi connectivity index (χ0) is 22.7. The molecule has 4 rings (SSSR count). The van der Waals surface area contributed by atoms with Crippen LogP contribution in [0.15, 0.2) is 46.0 Å². The number of benzene rings is 1. The summed E-state index contributed by atoms with van der Waals surface area (Å²) in [6.45, 7) is 1.72. The number of morpholine rings is 1. The molecule has 2 aromatic rings. The number of methoxy groups -OCH3 is 1. The first-order chi connectivity index (χ1) is 15.5. The molecule has 1 aromatic heterocycles. The standard InChI is InChI=1S/C21H22ClFN4O4S/c1-30-21(29)17-16(9-27-5-6-31-11-13(27)10-28)25-19(20-24-4-7-32-20)26-18(17)14-3-2-12(23)8-15(14)22/h2-4,7-8,13,18,28H,5-6,9-11H2,1H3,(H,25,26)/t13-,18?/m0/s1. The summed E-state index contributed by atoms with van der Waals surface area (Å²) in [5, 5.41) is 15.6. The second-order valence-electron chi connectivity index (χ2n) is 7.27. The summed E-state index contributed by atoms with van der Waals surface area (Å²) in [6, 6.07) is 2.95. The highest BCUT2D eigenvalue weighted by atomic mass is 35.5. The van der Waals surface area contributed by atoms with Gasteiger partial charge in [-0.25, -0.2) is 14.2 Å². The van der Waals surface area contributed by atoms with E-state index in [1.165, 1.54) is 36.6 Å². The van der Waals surface area contributed by atoms with E-state index < -0.39 is 17.8 Å². The molecule has 1 unspecified atom stereocenters. The van der Waals surface area contributed by atoms with Crippen LogP contribution in [0.3, 0.4) is 0 Å². The number of carbonyl (C=O) groups excluding carboxylic acids is 1. The van der Waals surface area contributed by atoms with Gasteiger partial charge in [-0.15, -0.1) is 11.3 Å². The predicted molar refractivity (Wildman–Crippen MR) is 118 cm³/mol. The molecule has 170 valence electrons. The van der Waals surface area contributed by atoms with Crippen LogP contribution in [0.2, 0.25) is 5.02 Å². The van der Waals surface area contributed by atoms with Crippen LogP contribution in [0.1, 0.15) is 16.6 Å². The summed E-state index contributed by atoms with van der Waals surface area (Å²) >= 11 is 7.75. The van der Waals surface area contributed by atoms with Gasteiger partial charge in [0.15, 0.2) is 10.8 Å². The number of hydrogen-bond donors (Lipinski definition) is 2. The fourth-order valence-electron chi connectivity index (χ4n) is 3.74. The summed E-state index contributed by atoms with van der Waals surface area (Å²) in [7, 11) is 1.29. The lowest BCUT2D eigenvalue weighted by atomic mass is 9.95. The smallest absolute Gasteiger partial charge is 0.338 e. The molecule has 2 aliphatic heterocycles. The van der Waals surface area contributed by atoms with E-state index in [1.54, 1.807) is 6.20 Å². The Morgan fingerprint density at radius 1 is 1.50 bits per heavy atom. The summed E-state index contributed by atoms with van der Waals surface area (Å²) in [6.07, 6.45) is 1.66. The van der Waals surface area contributed by atoms with Gasteiger partial charge >= 0.3 is 5.97 Å². The number of carbonyl (C=O) groups is 1. The van der Waals surface area contributed by atoms with E-state index in [0.29, 0.717) is 48.4 Å². The fraction of sp³-hybridized carbons (Fsp3) is 0.381. The van der Waals surface area contributed by atoms with Crippen molar-refractivity contribution in [1.29, 1.82) is 0 Å². The summed E-state index contributed by atoms with van der Waals surface area (Å²) in [4.78, 5) is 24.0. The molecule has 1 fully saturated rings. The van der Waals surface area contributed by atoms with Gasteiger partial charge in [-0.3, -0.25) is 9.89 Å². The first-order valence-corrected chi connectivity index (χ1v) is 11.2. The molecule has 8 nitrogen and oxygen atoms in total. The Kier molecular flexibility index (Phi) is 7.17. The normalized spacial score (nSPS) is 21.8. The molecule has 3 heterocycles. The number of aliphatic hydroxyl groups excluding tert-OH is 1. The third kappa shape index (κ3) is 4.69. The monoisotopic (exact) mass is 480 g/mol. The Balaban J connectivity index is 1.82. The largest absolute Gasteiger partial charge is 0.466 e. The zero-order valence-electron chi connectivity index (χ0n) is 17.3. The van der Waals surface area contributed by atoms with Crippen molar-refractivity contribution in [3.05, 3.63) is 62.5 Å². The molecule has 0 amide bonds. The van der Waals surface area contributed by atoms with Gasteiger partial charge in [-0.05, 0) is 12.1 Å². The first-order valence-electron chi connectivity index (χ1n) is 9.95. The molecular formula is C21H22ClFN4O4S. The van der Waals surface area contributed by atoms with E-state index in [0.717, 1.165) is 0 Å². The van der Waals surface area contributed by atoms with E-state index in [1.807, 2.05) is 10.3 Å². The van der Waals surface area contributed by atoms with Gasteiger partial charge in [-0.2, -0.15) is 0 Å². The van der Waals surface area contributed by atoms with Gasteiger partial charge in [0.25, 0.3) is 0 Å². The number of esters is 1.